The summed E-state index contributed by atoms with van der Waals surface area (Å²) in [7, 11) is 0. The Labute approximate surface area is 97.8 Å². The molecule has 3 heteroatoms. The molecule has 0 amide bonds. The van der Waals surface area contributed by atoms with Gasteiger partial charge in [0.15, 0.2) is 0 Å². The van der Waals surface area contributed by atoms with Crippen molar-refractivity contribution in [2.45, 2.75) is 64.5 Å². The molecule has 2 fully saturated rings. The zero-order chi connectivity index (χ0) is 12.0. The molecule has 2 unspecified atom stereocenters. The Morgan fingerprint density at radius 3 is 2.38 bits per heavy atom. The van der Waals surface area contributed by atoms with Gasteiger partial charge < -0.3 is 5.11 Å². The number of nitrogens with zero attached hydrogens (tertiary/aromatic N) is 1. The van der Waals surface area contributed by atoms with Crippen molar-refractivity contribution in [3.8, 4) is 0 Å². The number of piperidine rings is 1. The van der Waals surface area contributed by atoms with E-state index in [1.165, 1.54) is 12.8 Å². The van der Waals surface area contributed by atoms with Crippen LogP contribution in [-0.2, 0) is 4.79 Å². The zero-order valence-corrected chi connectivity index (χ0v) is 10.6. The van der Waals surface area contributed by atoms with Gasteiger partial charge in [-0.1, -0.05) is 6.92 Å². The molecule has 1 saturated heterocycles. The molecule has 2 rings (SSSR count). The number of carbonyl (C=O) groups is 1. The second-order valence-electron chi connectivity index (χ2n) is 6.06. The van der Waals surface area contributed by atoms with E-state index in [0.717, 1.165) is 25.8 Å². The van der Waals surface area contributed by atoms with E-state index in [9.17, 15) is 9.90 Å². The average Bonchev–Trinajstić information content (AvgIpc) is 2.97. The summed E-state index contributed by atoms with van der Waals surface area (Å²) in [6.07, 6.45) is 5.48. The van der Waals surface area contributed by atoms with Gasteiger partial charge in [-0.3, -0.25) is 9.69 Å². The fourth-order valence-corrected chi connectivity index (χ4v) is 2.98. The van der Waals surface area contributed by atoms with Crippen LogP contribution in [0.5, 0.6) is 0 Å². The predicted octanol–water partition coefficient (Wildman–Crippen LogP) is 2.50. The van der Waals surface area contributed by atoms with Crippen molar-refractivity contribution in [2.75, 3.05) is 6.54 Å². The van der Waals surface area contributed by atoms with E-state index in [0.29, 0.717) is 11.5 Å². The lowest BCUT2D eigenvalue weighted by Crippen LogP contribution is -2.59. The van der Waals surface area contributed by atoms with Gasteiger partial charge in [0.1, 0.15) is 5.54 Å². The van der Waals surface area contributed by atoms with Crippen LogP contribution in [0.4, 0.5) is 0 Å². The Balaban J connectivity index is 2.19. The van der Waals surface area contributed by atoms with Crippen LogP contribution in [0, 0.1) is 5.41 Å². The van der Waals surface area contributed by atoms with Crippen molar-refractivity contribution in [1.29, 1.82) is 0 Å². The van der Waals surface area contributed by atoms with Gasteiger partial charge in [-0.15, -0.1) is 0 Å². The second-order valence-corrected chi connectivity index (χ2v) is 6.06. The smallest absolute Gasteiger partial charge is 0.323 e. The first-order chi connectivity index (χ1) is 7.40. The highest BCUT2D eigenvalue weighted by Gasteiger charge is 2.51. The largest absolute Gasteiger partial charge is 0.480 e. The lowest BCUT2D eigenvalue weighted by Gasteiger charge is -2.47. The molecular formula is C13H23NO2. The SMILES string of the molecule is CC(N1CCCCC1(C)C(=O)O)C1(C)CC1. The molecule has 16 heavy (non-hydrogen) atoms. The summed E-state index contributed by atoms with van der Waals surface area (Å²) in [5.74, 6) is -0.650. The Morgan fingerprint density at radius 2 is 1.88 bits per heavy atom. The maximum absolute atomic E-state index is 11.5. The minimum absolute atomic E-state index is 0.369. The molecule has 0 spiro atoms. The summed E-state index contributed by atoms with van der Waals surface area (Å²) in [5.41, 5.74) is -0.267. The first-order valence-electron chi connectivity index (χ1n) is 6.40. The monoisotopic (exact) mass is 225 g/mol. The maximum atomic E-state index is 11.5. The molecule has 0 bridgehead atoms. The van der Waals surface area contributed by atoms with Crippen molar-refractivity contribution in [2.24, 2.45) is 5.41 Å². The van der Waals surface area contributed by atoms with E-state index in [4.69, 9.17) is 0 Å². The Kier molecular flexibility index (Phi) is 2.77. The fraction of sp³-hybridized carbons (Fsp3) is 0.923. The molecule has 0 radical (unpaired) electrons. The topological polar surface area (TPSA) is 40.5 Å². The van der Waals surface area contributed by atoms with Gasteiger partial charge in [-0.05, 0) is 57.9 Å². The second kappa shape index (κ2) is 3.73. The molecule has 2 aliphatic rings. The number of rotatable bonds is 3. The van der Waals surface area contributed by atoms with Gasteiger partial charge in [0, 0.05) is 6.04 Å². The minimum Gasteiger partial charge on any atom is -0.480 e. The third-order valence-corrected chi connectivity index (χ3v) is 4.92. The van der Waals surface area contributed by atoms with Crippen LogP contribution in [0.3, 0.4) is 0 Å². The highest BCUT2D eigenvalue weighted by molar-refractivity contribution is 5.78. The first kappa shape index (κ1) is 11.9. The Hall–Kier alpha value is -0.570. The van der Waals surface area contributed by atoms with Crippen LogP contribution < -0.4 is 0 Å². The summed E-state index contributed by atoms with van der Waals surface area (Å²) in [6, 6.07) is 0.397. The average molecular weight is 225 g/mol. The molecule has 92 valence electrons. The van der Waals surface area contributed by atoms with Gasteiger partial charge >= 0.3 is 5.97 Å². The van der Waals surface area contributed by atoms with E-state index in [-0.39, 0.29) is 0 Å². The van der Waals surface area contributed by atoms with E-state index >= 15 is 0 Å². The fourth-order valence-electron chi connectivity index (χ4n) is 2.98. The van der Waals surface area contributed by atoms with Crippen LogP contribution in [0.2, 0.25) is 0 Å². The third kappa shape index (κ3) is 1.75. The molecule has 1 saturated carbocycles. The number of likely N-dealkylation sites (tertiary alicyclic amines) is 1. The quantitative estimate of drug-likeness (QED) is 0.802. The van der Waals surface area contributed by atoms with Crippen molar-refractivity contribution in [1.82, 2.24) is 4.90 Å². The summed E-state index contributed by atoms with van der Waals surface area (Å²) in [6.45, 7) is 7.34. The lowest BCUT2D eigenvalue weighted by atomic mass is 9.84. The molecule has 1 heterocycles. The maximum Gasteiger partial charge on any atom is 0.323 e. The standard InChI is InChI=1S/C13H23NO2/c1-10(12(2)7-8-12)14-9-5-4-6-13(14,3)11(15)16/h10H,4-9H2,1-3H3,(H,15,16). The summed E-state index contributed by atoms with van der Waals surface area (Å²) < 4.78 is 0. The molecule has 2 atom stereocenters. The molecule has 3 nitrogen and oxygen atoms in total. The predicted molar refractivity (Wildman–Crippen MR) is 63.4 cm³/mol. The molecule has 1 N–H and O–H groups in total. The van der Waals surface area contributed by atoms with E-state index in [1.54, 1.807) is 0 Å². The van der Waals surface area contributed by atoms with Crippen LogP contribution in [0.25, 0.3) is 0 Å². The third-order valence-electron chi connectivity index (χ3n) is 4.92. The number of carboxylic acids is 1. The molecule has 0 aromatic heterocycles. The van der Waals surface area contributed by atoms with Gasteiger partial charge in [-0.25, -0.2) is 0 Å². The lowest BCUT2D eigenvalue weighted by molar-refractivity contribution is -0.156. The van der Waals surface area contributed by atoms with Crippen molar-refractivity contribution >= 4 is 5.97 Å². The molecule has 0 aromatic carbocycles. The highest BCUT2D eigenvalue weighted by Crippen LogP contribution is 2.51. The van der Waals surface area contributed by atoms with Crippen molar-refractivity contribution < 1.29 is 9.90 Å². The van der Waals surface area contributed by atoms with E-state index in [1.807, 2.05) is 6.92 Å². The van der Waals surface area contributed by atoms with Crippen LogP contribution in [-0.4, -0.2) is 34.1 Å². The summed E-state index contributed by atoms with van der Waals surface area (Å²) in [5, 5.41) is 9.46. The first-order valence-corrected chi connectivity index (χ1v) is 6.40. The number of hydrogen-bond acceptors (Lipinski definition) is 2. The molecule has 1 aliphatic heterocycles. The summed E-state index contributed by atoms with van der Waals surface area (Å²) >= 11 is 0. The molecule has 0 aromatic rings. The van der Waals surface area contributed by atoms with Gasteiger partial charge in [0.05, 0.1) is 0 Å². The van der Waals surface area contributed by atoms with Crippen molar-refractivity contribution in [3.05, 3.63) is 0 Å². The Morgan fingerprint density at radius 1 is 1.25 bits per heavy atom. The van der Waals surface area contributed by atoms with Crippen LogP contribution >= 0.6 is 0 Å². The minimum atomic E-state index is -0.650. The number of carboxylic acid groups (broad SMARTS) is 1. The van der Waals surface area contributed by atoms with Gasteiger partial charge in [0.2, 0.25) is 0 Å². The van der Waals surface area contributed by atoms with Gasteiger partial charge in [0.25, 0.3) is 0 Å². The number of hydrogen-bond donors (Lipinski definition) is 1. The van der Waals surface area contributed by atoms with E-state index in [2.05, 4.69) is 18.7 Å². The van der Waals surface area contributed by atoms with Crippen molar-refractivity contribution in [3.63, 3.8) is 0 Å². The highest BCUT2D eigenvalue weighted by atomic mass is 16.4. The zero-order valence-electron chi connectivity index (χ0n) is 10.6. The molecule has 1 aliphatic carbocycles. The van der Waals surface area contributed by atoms with Crippen LogP contribution in [0.1, 0.15) is 52.9 Å². The Bertz CT molecular complexity index is 298. The normalized spacial score (nSPS) is 35.7. The van der Waals surface area contributed by atoms with E-state index < -0.39 is 11.5 Å². The van der Waals surface area contributed by atoms with Gasteiger partial charge in [-0.2, -0.15) is 0 Å². The number of aliphatic carboxylic acids is 1. The summed E-state index contributed by atoms with van der Waals surface area (Å²) in [4.78, 5) is 13.7. The molecular weight excluding hydrogens is 202 g/mol. The van der Waals surface area contributed by atoms with Crippen LogP contribution in [0.15, 0.2) is 0 Å².